The van der Waals surface area contributed by atoms with Gasteiger partial charge in [-0.05, 0) is 56.6 Å². The molecule has 8 heteroatoms. The van der Waals surface area contributed by atoms with Crippen molar-refractivity contribution in [1.82, 2.24) is 14.7 Å². The summed E-state index contributed by atoms with van der Waals surface area (Å²) in [6, 6.07) is 7.53. The van der Waals surface area contributed by atoms with Gasteiger partial charge < -0.3 is 11.1 Å². The summed E-state index contributed by atoms with van der Waals surface area (Å²) in [6.45, 7) is 2.35. The summed E-state index contributed by atoms with van der Waals surface area (Å²) < 4.78 is 1.82. The van der Waals surface area contributed by atoms with E-state index in [0.29, 0.717) is 23.0 Å². The molecule has 0 spiro atoms. The molecule has 1 aromatic heterocycles. The zero-order chi connectivity index (χ0) is 20.4. The highest BCUT2D eigenvalue weighted by atomic mass is 16.1. The molecule has 2 heterocycles. The molecule has 0 unspecified atom stereocenters. The van der Waals surface area contributed by atoms with Gasteiger partial charge >= 0.3 is 0 Å². The van der Waals surface area contributed by atoms with Gasteiger partial charge in [0.25, 0.3) is 5.91 Å². The highest BCUT2D eigenvalue weighted by Gasteiger charge is 2.34. The first-order valence-electron chi connectivity index (χ1n) is 10.00. The zero-order valence-corrected chi connectivity index (χ0v) is 16.5. The Balaban J connectivity index is 1.56. The molecular formula is C21H26N6O2. The summed E-state index contributed by atoms with van der Waals surface area (Å²) in [5, 5.41) is 7.78. The summed E-state index contributed by atoms with van der Waals surface area (Å²) >= 11 is 0. The number of anilines is 2. The first kappa shape index (κ1) is 19.3. The molecule has 1 aliphatic carbocycles. The molecule has 152 valence electrons. The maximum Gasteiger partial charge on any atom is 0.254 e. The molecular weight excluding hydrogens is 368 g/mol. The molecule has 8 nitrogen and oxygen atoms in total. The number of nitrogens with zero attached hydrogens (tertiary/aromatic N) is 4. The number of primary amides is 1. The van der Waals surface area contributed by atoms with Crippen molar-refractivity contribution in [3.63, 3.8) is 0 Å². The van der Waals surface area contributed by atoms with Crippen LogP contribution in [-0.4, -0.2) is 58.8 Å². The number of benzene rings is 1. The van der Waals surface area contributed by atoms with E-state index in [2.05, 4.69) is 20.3 Å². The van der Waals surface area contributed by atoms with Crippen LogP contribution in [0.5, 0.6) is 0 Å². The molecule has 0 bridgehead atoms. The van der Waals surface area contributed by atoms with Crippen molar-refractivity contribution in [2.45, 2.75) is 37.8 Å². The number of rotatable bonds is 6. The van der Waals surface area contributed by atoms with Gasteiger partial charge in [-0.1, -0.05) is 0 Å². The molecule has 2 aromatic rings. The first-order chi connectivity index (χ1) is 14.1. The third kappa shape index (κ3) is 3.93. The number of nitrogens with one attached hydrogen (secondary N) is 1. The quantitative estimate of drug-likeness (QED) is 0.732. The number of hydrogen-bond acceptors (Lipinski definition) is 6. The number of aromatic nitrogens is 2. The summed E-state index contributed by atoms with van der Waals surface area (Å²) in [5.74, 6) is -0.121. The highest BCUT2D eigenvalue weighted by molar-refractivity contribution is 5.98. The van der Waals surface area contributed by atoms with E-state index < -0.39 is 5.91 Å². The van der Waals surface area contributed by atoms with Gasteiger partial charge in [0.1, 0.15) is 11.8 Å². The van der Waals surface area contributed by atoms with Gasteiger partial charge in [0.2, 0.25) is 0 Å². The maximum atomic E-state index is 12.0. The molecule has 2 aliphatic rings. The van der Waals surface area contributed by atoms with E-state index in [1.54, 1.807) is 30.5 Å². The van der Waals surface area contributed by atoms with Gasteiger partial charge in [-0.25, -0.2) is 0 Å². The van der Waals surface area contributed by atoms with Gasteiger partial charge in [-0.15, -0.1) is 0 Å². The predicted octanol–water partition coefficient (Wildman–Crippen LogP) is 2.41. The maximum absolute atomic E-state index is 12.0. The van der Waals surface area contributed by atoms with Crippen molar-refractivity contribution in [3.8, 4) is 0 Å². The van der Waals surface area contributed by atoms with Crippen LogP contribution in [0.4, 0.5) is 11.5 Å². The minimum atomic E-state index is -0.535. The number of aldehydes is 1. The second-order valence-electron chi connectivity index (χ2n) is 7.66. The lowest BCUT2D eigenvalue weighted by atomic mass is 9.87. The van der Waals surface area contributed by atoms with Crippen LogP contribution in [0, 0.1) is 0 Å². The van der Waals surface area contributed by atoms with Crippen molar-refractivity contribution in [3.05, 3.63) is 41.6 Å². The van der Waals surface area contributed by atoms with Crippen LogP contribution in [0.3, 0.4) is 0 Å². The lowest BCUT2D eigenvalue weighted by molar-refractivity contribution is 0.0999. The predicted molar refractivity (Wildman–Crippen MR) is 112 cm³/mol. The standard InChI is InChI=1S/C21H26N6O2/c1-23-18-11-16(26-9-2-10-26)7-8-19(18)27-12-17(20(22)29)21(25-27)24-15-5-3-14(13-28)4-6-15/h3-6,12-13,16,19H,2,7-11H2,1H3,(H2,22,29)(H,24,25)/t16-,19-/m0/s1. The summed E-state index contributed by atoms with van der Waals surface area (Å²) in [7, 11) is 1.83. The third-order valence-corrected chi connectivity index (χ3v) is 5.92. The van der Waals surface area contributed by atoms with Crippen LogP contribution in [-0.2, 0) is 0 Å². The summed E-state index contributed by atoms with van der Waals surface area (Å²) in [5.41, 5.74) is 8.35. The Morgan fingerprint density at radius 2 is 2.03 bits per heavy atom. The molecule has 2 fully saturated rings. The van der Waals surface area contributed by atoms with Gasteiger partial charge in [0.15, 0.2) is 5.82 Å². The van der Waals surface area contributed by atoms with Crippen LogP contribution >= 0.6 is 0 Å². The van der Waals surface area contributed by atoms with E-state index >= 15 is 0 Å². The molecule has 0 radical (unpaired) electrons. The lowest BCUT2D eigenvalue weighted by Gasteiger charge is -2.42. The largest absolute Gasteiger partial charge is 0.365 e. The summed E-state index contributed by atoms with van der Waals surface area (Å²) in [6.07, 6.45) is 6.73. The second kappa shape index (κ2) is 8.16. The minimum Gasteiger partial charge on any atom is -0.365 e. The molecule has 1 aromatic carbocycles. The number of carbonyl (C=O) groups is 2. The van der Waals surface area contributed by atoms with Gasteiger partial charge in [-0.3, -0.25) is 24.2 Å². The lowest BCUT2D eigenvalue weighted by Crippen LogP contribution is -2.48. The molecule has 3 N–H and O–H groups in total. The highest BCUT2D eigenvalue weighted by Crippen LogP contribution is 2.32. The van der Waals surface area contributed by atoms with Crippen molar-refractivity contribution in [2.75, 3.05) is 25.5 Å². The number of carbonyl (C=O) groups excluding carboxylic acids is 2. The smallest absolute Gasteiger partial charge is 0.254 e. The Kier molecular flexibility index (Phi) is 5.44. The van der Waals surface area contributed by atoms with E-state index in [9.17, 15) is 9.59 Å². The topological polar surface area (TPSA) is 106 Å². The van der Waals surface area contributed by atoms with Crippen molar-refractivity contribution in [2.24, 2.45) is 10.7 Å². The minimum absolute atomic E-state index is 0.0311. The molecule has 1 saturated heterocycles. The third-order valence-electron chi connectivity index (χ3n) is 5.92. The molecule has 1 saturated carbocycles. The fraction of sp³-hybridized carbons (Fsp3) is 0.429. The Hall–Kier alpha value is -3.00. The molecule has 29 heavy (non-hydrogen) atoms. The SMILES string of the molecule is CN=C1C[C@@H](N2CCC2)CC[C@@H]1n1cc(C(N)=O)c(Nc2ccc(C=O)cc2)n1. The Morgan fingerprint density at radius 3 is 2.62 bits per heavy atom. The van der Waals surface area contributed by atoms with Gasteiger partial charge in [0, 0.05) is 42.7 Å². The van der Waals surface area contributed by atoms with Crippen LogP contribution in [0.15, 0.2) is 35.5 Å². The number of likely N-dealkylation sites (tertiary alicyclic amines) is 1. The number of nitrogens with two attached hydrogens (primary N) is 1. The first-order valence-corrected chi connectivity index (χ1v) is 10.00. The molecule has 4 rings (SSSR count). The van der Waals surface area contributed by atoms with Crippen molar-refractivity contribution < 1.29 is 9.59 Å². The Bertz CT molecular complexity index is 929. The zero-order valence-electron chi connectivity index (χ0n) is 16.5. The van der Waals surface area contributed by atoms with E-state index in [0.717, 1.165) is 36.9 Å². The monoisotopic (exact) mass is 394 g/mol. The molecule has 1 aliphatic heterocycles. The summed E-state index contributed by atoms with van der Waals surface area (Å²) in [4.78, 5) is 29.9. The fourth-order valence-electron chi connectivity index (χ4n) is 4.14. The second-order valence-corrected chi connectivity index (χ2v) is 7.66. The average Bonchev–Trinajstić information content (AvgIpc) is 3.11. The van der Waals surface area contributed by atoms with Crippen LogP contribution < -0.4 is 11.1 Å². The van der Waals surface area contributed by atoms with Crippen molar-refractivity contribution in [1.29, 1.82) is 0 Å². The Morgan fingerprint density at radius 1 is 1.28 bits per heavy atom. The van der Waals surface area contributed by atoms with E-state index in [1.807, 2.05) is 11.7 Å². The van der Waals surface area contributed by atoms with Crippen LogP contribution in [0.2, 0.25) is 0 Å². The van der Waals surface area contributed by atoms with Crippen LogP contribution in [0.25, 0.3) is 0 Å². The fourth-order valence-corrected chi connectivity index (χ4v) is 4.14. The molecule has 1 amide bonds. The van der Waals surface area contributed by atoms with E-state index in [-0.39, 0.29) is 6.04 Å². The van der Waals surface area contributed by atoms with Gasteiger partial charge in [0.05, 0.1) is 6.04 Å². The average molecular weight is 394 g/mol. The van der Waals surface area contributed by atoms with E-state index in [1.165, 1.54) is 19.5 Å². The normalized spacial score (nSPS) is 23.6. The number of aliphatic imine (C=N–C) groups is 1. The van der Waals surface area contributed by atoms with Gasteiger partial charge in [-0.2, -0.15) is 5.10 Å². The van der Waals surface area contributed by atoms with Crippen LogP contribution in [0.1, 0.15) is 52.4 Å². The van der Waals surface area contributed by atoms with E-state index in [4.69, 9.17) is 5.73 Å². The number of amides is 1. The Labute approximate surface area is 169 Å². The van der Waals surface area contributed by atoms with Crippen molar-refractivity contribution >= 4 is 29.4 Å². The number of hydrogen-bond donors (Lipinski definition) is 2. The molecule has 2 atom stereocenters.